The first-order valence-corrected chi connectivity index (χ1v) is 9.86. The smallest absolute Gasteiger partial charge is 0.278 e. The first-order chi connectivity index (χ1) is 14.6. The number of ether oxygens (including phenoxy) is 1. The number of nitrogens with one attached hydrogen (secondary N) is 2. The van der Waals surface area contributed by atoms with Crippen molar-refractivity contribution in [3.05, 3.63) is 83.0 Å². The molecule has 0 aliphatic heterocycles. The monoisotopic (exact) mass is 419 g/mol. The van der Waals surface area contributed by atoms with Gasteiger partial charge in [-0.05, 0) is 47.8 Å². The Morgan fingerprint density at radius 2 is 1.70 bits per heavy atom. The third kappa shape index (κ3) is 4.23. The van der Waals surface area contributed by atoms with Crippen molar-refractivity contribution in [2.45, 2.75) is 0 Å². The Bertz CT molecular complexity index is 1170. The van der Waals surface area contributed by atoms with Crippen molar-refractivity contribution in [1.29, 1.82) is 0 Å². The van der Waals surface area contributed by atoms with Gasteiger partial charge in [0.05, 0.1) is 12.0 Å². The van der Waals surface area contributed by atoms with E-state index in [1.54, 1.807) is 49.6 Å². The Labute approximate surface area is 176 Å². The zero-order chi connectivity index (χ0) is 20.9. The van der Waals surface area contributed by atoms with Crippen molar-refractivity contribution in [2.75, 3.05) is 17.7 Å². The lowest BCUT2D eigenvalue weighted by molar-refractivity contribution is 0.101. The van der Waals surface area contributed by atoms with Gasteiger partial charge in [-0.3, -0.25) is 9.59 Å². The van der Waals surface area contributed by atoms with Crippen molar-refractivity contribution in [3.8, 4) is 17.1 Å². The summed E-state index contributed by atoms with van der Waals surface area (Å²) in [6.45, 7) is 0. The molecule has 2 aromatic heterocycles. The van der Waals surface area contributed by atoms with Gasteiger partial charge in [0.25, 0.3) is 11.8 Å². The molecule has 0 spiro atoms. The fraction of sp³-hybridized carbons (Fsp3) is 0.0455. The number of benzene rings is 2. The highest BCUT2D eigenvalue weighted by atomic mass is 32.1. The number of carbonyl (C=O) groups excluding carboxylic acids is 2. The Morgan fingerprint density at radius 1 is 0.967 bits per heavy atom. The molecular weight excluding hydrogens is 402 g/mol. The van der Waals surface area contributed by atoms with Crippen LogP contribution in [0.3, 0.4) is 0 Å². The number of rotatable bonds is 6. The van der Waals surface area contributed by atoms with Crippen LogP contribution >= 0.6 is 11.3 Å². The lowest BCUT2D eigenvalue weighted by atomic mass is 10.1. The molecule has 8 heteroatoms. The van der Waals surface area contributed by atoms with E-state index in [4.69, 9.17) is 9.15 Å². The van der Waals surface area contributed by atoms with Gasteiger partial charge in [0.15, 0.2) is 17.8 Å². The van der Waals surface area contributed by atoms with Gasteiger partial charge in [-0.25, -0.2) is 4.98 Å². The maximum Gasteiger partial charge on any atom is 0.278 e. The van der Waals surface area contributed by atoms with Crippen LogP contribution in [0.25, 0.3) is 11.3 Å². The zero-order valence-corrected chi connectivity index (χ0v) is 16.7. The van der Waals surface area contributed by atoms with Crippen LogP contribution in [0.4, 0.5) is 11.4 Å². The minimum Gasteiger partial charge on any atom is -0.497 e. The lowest BCUT2D eigenvalue weighted by Crippen LogP contribution is -2.14. The lowest BCUT2D eigenvalue weighted by Gasteiger charge is -2.08. The van der Waals surface area contributed by atoms with Gasteiger partial charge in [-0.1, -0.05) is 18.2 Å². The number of hydrogen-bond donors (Lipinski definition) is 2. The standard InChI is InChI=1S/C22H17N3O4S/c1-28-17-5-2-4-14(12-17)20-19(23-13-29-20)22(27)25-16-9-7-15(8-10-16)24-21(26)18-6-3-11-30-18/h2-13H,1H3,(H,24,26)(H,25,27). The van der Waals surface area contributed by atoms with Crippen LogP contribution in [0.15, 0.2) is 76.9 Å². The Hall–Kier alpha value is -3.91. The molecule has 0 radical (unpaired) electrons. The van der Waals surface area contributed by atoms with Crippen LogP contribution in [0.2, 0.25) is 0 Å². The molecule has 0 fully saturated rings. The van der Waals surface area contributed by atoms with Crippen molar-refractivity contribution in [3.63, 3.8) is 0 Å². The van der Waals surface area contributed by atoms with E-state index in [9.17, 15) is 9.59 Å². The number of carbonyl (C=O) groups is 2. The van der Waals surface area contributed by atoms with Gasteiger partial charge in [-0.2, -0.15) is 0 Å². The van der Waals surface area contributed by atoms with Crippen molar-refractivity contribution in [2.24, 2.45) is 0 Å². The summed E-state index contributed by atoms with van der Waals surface area (Å²) in [5.41, 5.74) is 2.04. The Balaban J connectivity index is 1.46. The number of amides is 2. The summed E-state index contributed by atoms with van der Waals surface area (Å²) in [6.07, 6.45) is 1.23. The van der Waals surface area contributed by atoms with Gasteiger partial charge < -0.3 is 19.8 Å². The predicted octanol–water partition coefficient (Wildman–Crippen LogP) is 4.92. The van der Waals surface area contributed by atoms with Gasteiger partial charge in [0.2, 0.25) is 0 Å². The number of methoxy groups -OCH3 is 1. The Kier molecular flexibility index (Phi) is 5.58. The molecule has 0 aliphatic rings. The molecule has 150 valence electrons. The fourth-order valence-corrected chi connectivity index (χ4v) is 3.42. The normalized spacial score (nSPS) is 10.4. The summed E-state index contributed by atoms with van der Waals surface area (Å²) >= 11 is 1.37. The van der Waals surface area contributed by atoms with E-state index in [0.29, 0.717) is 33.3 Å². The van der Waals surface area contributed by atoms with E-state index in [1.165, 1.54) is 17.7 Å². The first kappa shape index (κ1) is 19.4. The number of anilines is 2. The van der Waals surface area contributed by atoms with Crippen molar-refractivity contribution in [1.82, 2.24) is 4.98 Å². The van der Waals surface area contributed by atoms with Crippen molar-refractivity contribution >= 4 is 34.5 Å². The fourth-order valence-electron chi connectivity index (χ4n) is 2.80. The molecule has 4 rings (SSSR count). The van der Waals surface area contributed by atoms with E-state index in [1.807, 2.05) is 23.6 Å². The number of aromatic nitrogens is 1. The van der Waals surface area contributed by atoms with E-state index in [2.05, 4.69) is 15.6 Å². The Morgan fingerprint density at radius 3 is 2.37 bits per heavy atom. The molecule has 0 saturated carbocycles. The summed E-state index contributed by atoms with van der Waals surface area (Å²) < 4.78 is 10.7. The van der Waals surface area contributed by atoms with Gasteiger partial charge in [0.1, 0.15) is 5.75 Å². The molecule has 0 bridgehead atoms. The molecule has 0 atom stereocenters. The van der Waals surface area contributed by atoms with Gasteiger partial charge >= 0.3 is 0 Å². The molecule has 7 nitrogen and oxygen atoms in total. The van der Waals surface area contributed by atoms with Crippen LogP contribution in [-0.4, -0.2) is 23.9 Å². The summed E-state index contributed by atoms with van der Waals surface area (Å²) in [5.74, 6) is 0.422. The zero-order valence-electron chi connectivity index (χ0n) is 15.9. The number of thiophene rings is 1. The number of oxazole rings is 1. The highest BCUT2D eigenvalue weighted by Crippen LogP contribution is 2.27. The van der Waals surface area contributed by atoms with Crippen molar-refractivity contribution < 1.29 is 18.7 Å². The molecule has 4 aromatic rings. The number of nitrogens with zero attached hydrogens (tertiary/aromatic N) is 1. The third-order valence-corrected chi connectivity index (χ3v) is 5.13. The second-order valence-electron chi connectivity index (χ2n) is 6.22. The predicted molar refractivity (Wildman–Crippen MR) is 115 cm³/mol. The molecular formula is C22H17N3O4S. The van der Waals surface area contributed by atoms with Crippen LogP contribution in [0.5, 0.6) is 5.75 Å². The largest absolute Gasteiger partial charge is 0.497 e. The van der Waals surface area contributed by atoms with Crippen LogP contribution in [0.1, 0.15) is 20.2 Å². The van der Waals surface area contributed by atoms with E-state index < -0.39 is 5.91 Å². The average molecular weight is 419 g/mol. The van der Waals surface area contributed by atoms with E-state index >= 15 is 0 Å². The van der Waals surface area contributed by atoms with Gasteiger partial charge in [0, 0.05) is 16.9 Å². The molecule has 2 N–H and O–H groups in total. The van der Waals surface area contributed by atoms with Crippen LogP contribution < -0.4 is 15.4 Å². The minimum atomic E-state index is -0.406. The molecule has 0 unspecified atom stereocenters. The average Bonchev–Trinajstić information content (AvgIpc) is 3.47. The molecule has 30 heavy (non-hydrogen) atoms. The highest BCUT2D eigenvalue weighted by molar-refractivity contribution is 7.12. The number of hydrogen-bond acceptors (Lipinski definition) is 6. The second-order valence-corrected chi connectivity index (χ2v) is 7.17. The second kappa shape index (κ2) is 8.62. The van der Waals surface area contributed by atoms with E-state index in [0.717, 1.165) is 0 Å². The maximum atomic E-state index is 12.7. The highest BCUT2D eigenvalue weighted by Gasteiger charge is 2.19. The molecule has 2 aromatic carbocycles. The molecule has 2 amide bonds. The summed E-state index contributed by atoms with van der Waals surface area (Å²) in [4.78, 5) is 29.5. The van der Waals surface area contributed by atoms with E-state index in [-0.39, 0.29) is 11.6 Å². The molecule has 0 saturated heterocycles. The molecule has 0 aliphatic carbocycles. The summed E-state index contributed by atoms with van der Waals surface area (Å²) in [5, 5.41) is 7.45. The van der Waals surface area contributed by atoms with Crippen LogP contribution in [-0.2, 0) is 0 Å². The van der Waals surface area contributed by atoms with Crippen LogP contribution in [0, 0.1) is 0 Å². The summed E-state index contributed by atoms with van der Waals surface area (Å²) in [6, 6.07) is 17.6. The van der Waals surface area contributed by atoms with Gasteiger partial charge in [-0.15, -0.1) is 11.3 Å². The third-order valence-electron chi connectivity index (χ3n) is 4.26. The SMILES string of the molecule is COc1cccc(-c2ocnc2C(=O)Nc2ccc(NC(=O)c3cccs3)cc2)c1. The quantitative estimate of drug-likeness (QED) is 0.463. The molecule has 2 heterocycles. The summed E-state index contributed by atoms with van der Waals surface area (Å²) in [7, 11) is 1.57. The topological polar surface area (TPSA) is 93.5 Å². The minimum absolute atomic E-state index is 0.165. The maximum absolute atomic E-state index is 12.7. The first-order valence-electron chi connectivity index (χ1n) is 8.98.